The number of carbonyl (C=O) groups is 1. The number of rotatable bonds is 5. The van der Waals surface area contributed by atoms with Gasteiger partial charge in [0.15, 0.2) is 0 Å². The van der Waals surface area contributed by atoms with Crippen molar-refractivity contribution < 1.29 is 4.79 Å². The molecule has 2 heterocycles. The van der Waals surface area contributed by atoms with E-state index in [2.05, 4.69) is 32.1 Å². The number of hydrogen-bond donors (Lipinski definition) is 2. The van der Waals surface area contributed by atoms with Crippen molar-refractivity contribution in [3.05, 3.63) is 58.1 Å². The van der Waals surface area contributed by atoms with Gasteiger partial charge in [-0.05, 0) is 42.3 Å². The minimum absolute atomic E-state index is 0.514. The molecule has 0 aliphatic carbocycles. The molecule has 0 bridgehead atoms. The van der Waals surface area contributed by atoms with Gasteiger partial charge in [-0.25, -0.2) is 4.79 Å². The van der Waals surface area contributed by atoms with Crippen molar-refractivity contribution in [2.24, 2.45) is 5.73 Å². The molecule has 2 fully saturated rings. The molecule has 2 aromatic carbocycles. The minimum atomic E-state index is -0.578. The first-order valence-electron chi connectivity index (χ1n) is 10.3. The van der Waals surface area contributed by atoms with Crippen LogP contribution in [0.15, 0.2) is 42.5 Å². The maximum Gasteiger partial charge on any atom is 0.316 e. The van der Waals surface area contributed by atoms with E-state index in [1.807, 2.05) is 24.3 Å². The van der Waals surface area contributed by atoms with E-state index in [-0.39, 0.29) is 0 Å². The number of benzene rings is 2. The monoisotopic (exact) mass is 447 g/mol. The molecule has 0 saturated carbocycles. The minimum Gasteiger partial charge on any atom is -0.368 e. The normalized spacial score (nSPS) is 20.5. The van der Waals surface area contributed by atoms with Crippen molar-refractivity contribution in [3.8, 4) is 0 Å². The van der Waals surface area contributed by atoms with Crippen LogP contribution in [-0.4, -0.2) is 61.1 Å². The second-order valence-corrected chi connectivity index (χ2v) is 8.85. The molecule has 2 aliphatic rings. The van der Waals surface area contributed by atoms with Gasteiger partial charge in [-0.1, -0.05) is 35.3 Å². The smallest absolute Gasteiger partial charge is 0.316 e. The van der Waals surface area contributed by atoms with E-state index in [1.54, 1.807) is 6.07 Å². The van der Waals surface area contributed by atoms with Crippen LogP contribution in [0, 0.1) is 0 Å². The number of halogens is 2. The predicted octanol–water partition coefficient (Wildman–Crippen LogP) is 3.88. The van der Waals surface area contributed by atoms with Crippen LogP contribution >= 0.6 is 23.2 Å². The highest BCUT2D eigenvalue weighted by atomic mass is 35.5. The van der Waals surface area contributed by atoms with Crippen LogP contribution in [0.2, 0.25) is 10.0 Å². The fourth-order valence-electron chi connectivity index (χ4n) is 4.41. The van der Waals surface area contributed by atoms with Crippen LogP contribution in [0.25, 0.3) is 0 Å². The van der Waals surface area contributed by atoms with Crippen molar-refractivity contribution in [2.45, 2.75) is 19.0 Å². The summed E-state index contributed by atoms with van der Waals surface area (Å²) >= 11 is 12.1. The van der Waals surface area contributed by atoms with Crippen LogP contribution in [-0.2, 0) is 6.54 Å². The van der Waals surface area contributed by atoms with Crippen molar-refractivity contribution in [2.75, 3.05) is 49.5 Å². The lowest BCUT2D eigenvalue weighted by Crippen LogP contribution is -2.50. The summed E-state index contributed by atoms with van der Waals surface area (Å²) in [6, 6.07) is 13.6. The highest BCUT2D eigenvalue weighted by molar-refractivity contribution is 6.31. The average Bonchev–Trinajstić information content (AvgIpc) is 3.20. The summed E-state index contributed by atoms with van der Waals surface area (Å²) in [5.74, 6) is 0. The molecule has 2 aliphatic heterocycles. The third-order valence-corrected chi connectivity index (χ3v) is 6.45. The summed E-state index contributed by atoms with van der Waals surface area (Å²) in [5.41, 5.74) is 8.28. The van der Waals surface area contributed by atoms with Gasteiger partial charge in [0.05, 0.1) is 11.4 Å². The molecule has 4 rings (SSSR count). The van der Waals surface area contributed by atoms with Crippen LogP contribution in [0.4, 0.5) is 16.2 Å². The van der Waals surface area contributed by atoms with E-state index in [9.17, 15) is 4.79 Å². The third kappa shape index (κ3) is 5.19. The van der Waals surface area contributed by atoms with Crippen molar-refractivity contribution in [1.29, 1.82) is 0 Å². The van der Waals surface area contributed by atoms with E-state index >= 15 is 0 Å². The first-order valence-corrected chi connectivity index (χ1v) is 11.1. The quantitative estimate of drug-likeness (QED) is 0.729. The summed E-state index contributed by atoms with van der Waals surface area (Å²) in [6.45, 7) is 7.12. The fraction of sp³-hybridized carbons (Fsp3) is 0.409. The third-order valence-electron chi connectivity index (χ3n) is 5.96. The molecule has 6 nitrogen and oxygen atoms in total. The summed E-state index contributed by atoms with van der Waals surface area (Å²) in [7, 11) is 0. The molecular weight excluding hydrogens is 421 g/mol. The Balaban J connectivity index is 1.32. The van der Waals surface area contributed by atoms with Crippen LogP contribution in [0.1, 0.15) is 12.0 Å². The maximum atomic E-state index is 11.4. The SMILES string of the molecule is NC(=O)Nc1cc(Cl)ccc1N1CC[C@H](N2CCN(Cc3ccc(Cl)cc3)CC2)C1. The Morgan fingerprint density at radius 2 is 1.70 bits per heavy atom. The number of urea groups is 1. The lowest BCUT2D eigenvalue weighted by atomic mass is 10.1. The summed E-state index contributed by atoms with van der Waals surface area (Å²) in [6.07, 6.45) is 1.11. The Hall–Kier alpha value is -1.99. The molecule has 160 valence electrons. The second-order valence-electron chi connectivity index (χ2n) is 7.98. The fourth-order valence-corrected chi connectivity index (χ4v) is 4.71. The maximum absolute atomic E-state index is 11.4. The number of amides is 2. The van der Waals surface area contributed by atoms with E-state index in [0.29, 0.717) is 16.8 Å². The van der Waals surface area contributed by atoms with Gasteiger partial charge in [0.1, 0.15) is 0 Å². The van der Waals surface area contributed by atoms with Gasteiger partial charge in [0.2, 0.25) is 0 Å². The molecule has 2 amide bonds. The molecule has 0 aromatic heterocycles. The number of nitrogens with two attached hydrogens (primary N) is 1. The highest BCUT2D eigenvalue weighted by Gasteiger charge is 2.31. The second kappa shape index (κ2) is 9.43. The van der Waals surface area contributed by atoms with E-state index in [4.69, 9.17) is 28.9 Å². The Morgan fingerprint density at radius 3 is 2.40 bits per heavy atom. The van der Waals surface area contributed by atoms with Crippen molar-refractivity contribution in [1.82, 2.24) is 9.80 Å². The molecule has 0 unspecified atom stereocenters. The zero-order valence-electron chi connectivity index (χ0n) is 16.9. The molecule has 0 radical (unpaired) electrons. The van der Waals surface area contributed by atoms with Gasteiger partial charge in [-0.3, -0.25) is 9.80 Å². The summed E-state index contributed by atoms with van der Waals surface area (Å²) < 4.78 is 0. The van der Waals surface area contributed by atoms with Crippen LogP contribution in [0.3, 0.4) is 0 Å². The number of nitrogens with one attached hydrogen (secondary N) is 1. The lowest BCUT2D eigenvalue weighted by molar-refractivity contribution is 0.0987. The zero-order valence-corrected chi connectivity index (χ0v) is 18.4. The van der Waals surface area contributed by atoms with Gasteiger partial charge >= 0.3 is 6.03 Å². The number of hydrogen-bond acceptors (Lipinski definition) is 4. The van der Waals surface area contributed by atoms with Crippen LogP contribution < -0.4 is 16.0 Å². The Morgan fingerprint density at radius 1 is 1.00 bits per heavy atom. The molecule has 8 heteroatoms. The number of primary amides is 1. The van der Waals surface area contributed by atoms with Gasteiger partial charge in [0.25, 0.3) is 0 Å². The number of piperazine rings is 1. The van der Waals surface area contributed by atoms with Crippen LogP contribution in [0.5, 0.6) is 0 Å². The highest BCUT2D eigenvalue weighted by Crippen LogP contribution is 2.32. The molecule has 3 N–H and O–H groups in total. The molecule has 30 heavy (non-hydrogen) atoms. The Labute approximate surface area is 187 Å². The predicted molar refractivity (Wildman–Crippen MR) is 124 cm³/mol. The Kier molecular flexibility index (Phi) is 6.68. The van der Waals surface area contributed by atoms with Crippen molar-refractivity contribution in [3.63, 3.8) is 0 Å². The van der Waals surface area contributed by atoms with E-state index < -0.39 is 6.03 Å². The molecule has 2 aromatic rings. The summed E-state index contributed by atoms with van der Waals surface area (Å²) in [4.78, 5) is 18.8. The lowest BCUT2D eigenvalue weighted by Gasteiger charge is -2.38. The van der Waals surface area contributed by atoms with Gasteiger partial charge in [0, 0.05) is 61.9 Å². The number of nitrogens with zero attached hydrogens (tertiary/aromatic N) is 3. The molecular formula is C22H27Cl2N5O. The molecule has 2 saturated heterocycles. The number of carbonyl (C=O) groups excluding carboxylic acids is 1. The number of anilines is 2. The first-order chi connectivity index (χ1) is 14.5. The zero-order chi connectivity index (χ0) is 21.1. The molecule has 1 atom stereocenters. The van der Waals surface area contributed by atoms with Gasteiger partial charge in [-0.2, -0.15) is 0 Å². The average molecular weight is 448 g/mol. The molecule has 0 spiro atoms. The van der Waals surface area contributed by atoms with Gasteiger partial charge in [-0.15, -0.1) is 0 Å². The van der Waals surface area contributed by atoms with Gasteiger partial charge < -0.3 is 16.0 Å². The largest absolute Gasteiger partial charge is 0.368 e. The van der Waals surface area contributed by atoms with E-state index in [1.165, 1.54) is 5.56 Å². The Bertz CT molecular complexity index is 884. The first kappa shape index (κ1) is 21.2. The van der Waals surface area contributed by atoms with E-state index in [0.717, 1.165) is 62.9 Å². The van der Waals surface area contributed by atoms with Crippen molar-refractivity contribution >= 4 is 40.6 Å². The standard InChI is InChI=1S/C22H27Cl2N5O/c23-17-3-1-16(2-4-17)14-27-9-11-28(12-10-27)19-7-8-29(15-19)21-6-5-18(24)13-20(21)26-22(25)30/h1-6,13,19H,7-12,14-15H2,(H3,25,26,30)/t19-/m0/s1. The topological polar surface area (TPSA) is 64.8 Å². The summed E-state index contributed by atoms with van der Waals surface area (Å²) in [5, 5.41) is 4.06.